The van der Waals surface area contributed by atoms with Crippen molar-refractivity contribution in [1.29, 1.82) is 0 Å². The largest absolute Gasteiger partial charge is 0.493 e. The zero-order chi connectivity index (χ0) is 21.6. The third-order valence-corrected chi connectivity index (χ3v) is 6.05. The van der Waals surface area contributed by atoms with E-state index in [4.69, 9.17) is 9.47 Å². The predicted octanol–water partition coefficient (Wildman–Crippen LogP) is 2.98. The van der Waals surface area contributed by atoms with Gasteiger partial charge < -0.3 is 14.4 Å². The summed E-state index contributed by atoms with van der Waals surface area (Å²) in [5.74, 6) is 1.19. The standard InChI is InChI=1S/C22H25N5O3S/c1-29-18-9-8-16(14-19(18)30-2)21-24-25-22(31-21)23-20(28)15-26-10-12-27(13-11-26)17-6-4-3-5-7-17/h3-9,14H,10-13,15H2,1-2H3,(H,23,25,28). The Bertz CT molecular complexity index is 1020. The summed E-state index contributed by atoms with van der Waals surface area (Å²) in [6.07, 6.45) is 0. The van der Waals surface area contributed by atoms with Gasteiger partial charge in [-0.1, -0.05) is 29.5 Å². The maximum Gasteiger partial charge on any atom is 0.240 e. The molecule has 0 atom stereocenters. The summed E-state index contributed by atoms with van der Waals surface area (Å²) in [5.41, 5.74) is 2.08. The Balaban J connectivity index is 1.31. The van der Waals surface area contributed by atoms with Crippen LogP contribution in [0.3, 0.4) is 0 Å². The second-order valence-electron chi connectivity index (χ2n) is 7.13. The third-order valence-electron chi connectivity index (χ3n) is 5.16. The lowest BCUT2D eigenvalue weighted by atomic mass is 10.2. The predicted molar refractivity (Wildman–Crippen MR) is 122 cm³/mol. The highest BCUT2D eigenvalue weighted by molar-refractivity contribution is 7.18. The minimum atomic E-state index is -0.0804. The first kappa shape index (κ1) is 21.1. The van der Waals surface area contributed by atoms with E-state index < -0.39 is 0 Å². The van der Waals surface area contributed by atoms with Crippen LogP contribution in [0.4, 0.5) is 10.8 Å². The molecule has 2 heterocycles. The number of hydrogen-bond acceptors (Lipinski definition) is 8. The molecule has 0 saturated carbocycles. The minimum Gasteiger partial charge on any atom is -0.493 e. The molecule has 8 nitrogen and oxygen atoms in total. The lowest BCUT2D eigenvalue weighted by molar-refractivity contribution is -0.117. The van der Waals surface area contributed by atoms with Crippen molar-refractivity contribution in [3.63, 3.8) is 0 Å². The summed E-state index contributed by atoms with van der Waals surface area (Å²) < 4.78 is 10.6. The Kier molecular flexibility index (Phi) is 6.63. The Labute approximate surface area is 185 Å². The van der Waals surface area contributed by atoms with E-state index in [9.17, 15) is 4.79 Å². The number of anilines is 2. The number of nitrogens with one attached hydrogen (secondary N) is 1. The highest BCUT2D eigenvalue weighted by Crippen LogP contribution is 2.34. The van der Waals surface area contributed by atoms with Crippen molar-refractivity contribution in [3.05, 3.63) is 48.5 Å². The molecule has 1 N–H and O–H groups in total. The Morgan fingerprint density at radius 2 is 1.74 bits per heavy atom. The number of para-hydroxylation sites is 1. The fourth-order valence-electron chi connectivity index (χ4n) is 3.52. The number of hydrogen-bond donors (Lipinski definition) is 1. The van der Waals surface area contributed by atoms with Crippen LogP contribution in [0.25, 0.3) is 10.6 Å². The maximum absolute atomic E-state index is 12.5. The number of piperazine rings is 1. The number of rotatable bonds is 7. The van der Waals surface area contributed by atoms with Gasteiger partial charge in [0.25, 0.3) is 0 Å². The molecule has 1 aromatic heterocycles. The van der Waals surface area contributed by atoms with Crippen LogP contribution >= 0.6 is 11.3 Å². The molecule has 1 aliphatic rings. The minimum absolute atomic E-state index is 0.0804. The number of carbonyl (C=O) groups is 1. The summed E-state index contributed by atoms with van der Waals surface area (Å²) in [6.45, 7) is 3.83. The molecule has 1 saturated heterocycles. The first-order chi connectivity index (χ1) is 15.2. The monoisotopic (exact) mass is 439 g/mol. The summed E-state index contributed by atoms with van der Waals surface area (Å²) in [7, 11) is 3.19. The Hall–Kier alpha value is -3.17. The lowest BCUT2D eigenvalue weighted by Crippen LogP contribution is -2.48. The van der Waals surface area contributed by atoms with Gasteiger partial charge in [-0.05, 0) is 30.3 Å². The van der Waals surface area contributed by atoms with Crippen molar-refractivity contribution in [2.75, 3.05) is 57.2 Å². The van der Waals surface area contributed by atoms with Crippen LogP contribution in [0.1, 0.15) is 0 Å². The molecule has 3 aromatic rings. The number of ether oxygens (including phenoxy) is 2. The molecule has 4 rings (SSSR count). The van der Waals surface area contributed by atoms with Gasteiger partial charge in [0.05, 0.1) is 20.8 Å². The van der Waals surface area contributed by atoms with Gasteiger partial charge in [0.2, 0.25) is 11.0 Å². The van der Waals surface area contributed by atoms with E-state index in [2.05, 4.69) is 37.4 Å². The summed E-state index contributed by atoms with van der Waals surface area (Å²) in [5, 5.41) is 12.4. The fourth-order valence-corrected chi connectivity index (χ4v) is 4.28. The van der Waals surface area contributed by atoms with Crippen molar-refractivity contribution in [2.24, 2.45) is 0 Å². The lowest BCUT2D eigenvalue weighted by Gasteiger charge is -2.35. The van der Waals surface area contributed by atoms with E-state index in [-0.39, 0.29) is 5.91 Å². The second-order valence-corrected chi connectivity index (χ2v) is 8.11. The molecule has 0 aliphatic carbocycles. The first-order valence-corrected chi connectivity index (χ1v) is 10.9. The average Bonchev–Trinajstić information content (AvgIpc) is 3.28. The van der Waals surface area contributed by atoms with Gasteiger partial charge in [-0.3, -0.25) is 15.0 Å². The van der Waals surface area contributed by atoms with E-state index in [1.54, 1.807) is 14.2 Å². The van der Waals surface area contributed by atoms with E-state index in [1.807, 2.05) is 36.4 Å². The van der Waals surface area contributed by atoms with E-state index in [0.717, 1.165) is 31.7 Å². The van der Waals surface area contributed by atoms with E-state index in [0.29, 0.717) is 28.2 Å². The smallest absolute Gasteiger partial charge is 0.240 e. The maximum atomic E-state index is 12.5. The molecule has 0 unspecified atom stereocenters. The van der Waals surface area contributed by atoms with Crippen LogP contribution in [0.2, 0.25) is 0 Å². The van der Waals surface area contributed by atoms with Gasteiger partial charge in [0.15, 0.2) is 11.5 Å². The topological polar surface area (TPSA) is 79.8 Å². The van der Waals surface area contributed by atoms with Crippen LogP contribution in [0, 0.1) is 0 Å². The van der Waals surface area contributed by atoms with Gasteiger partial charge in [-0.25, -0.2) is 0 Å². The van der Waals surface area contributed by atoms with Crippen molar-refractivity contribution >= 4 is 28.1 Å². The van der Waals surface area contributed by atoms with Crippen LogP contribution < -0.4 is 19.7 Å². The quantitative estimate of drug-likeness (QED) is 0.606. The second kappa shape index (κ2) is 9.76. The average molecular weight is 440 g/mol. The SMILES string of the molecule is COc1ccc(-c2nnc(NC(=O)CN3CCN(c4ccccc4)CC3)s2)cc1OC. The van der Waals surface area contributed by atoms with Crippen LogP contribution in [-0.2, 0) is 4.79 Å². The Morgan fingerprint density at radius 1 is 1.00 bits per heavy atom. The molecule has 1 fully saturated rings. The van der Waals surface area contributed by atoms with Gasteiger partial charge in [-0.2, -0.15) is 0 Å². The molecule has 0 radical (unpaired) electrons. The highest BCUT2D eigenvalue weighted by atomic mass is 32.1. The normalized spacial score (nSPS) is 14.3. The molecule has 0 bridgehead atoms. The van der Waals surface area contributed by atoms with Gasteiger partial charge >= 0.3 is 0 Å². The van der Waals surface area contributed by atoms with Crippen LogP contribution in [0.5, 0.6) is 11.5 Å². The summed E-state index contributed by atoms with van der Waals surface area (Å²) >= 11 is 1.33. The number of nitrogens with zero attached hydrogens (tertiary/aromatic N) is 4. The van der Waals surface area contributed by atoms with Crippen molar-refractivity contribution in [2.45, 2.75) is 0 Å². The molecule has 1 aliphatic heterocycles. The van der Waals surface area contributed by atoms with Crippen LogP contribution in [-0.4, -0.2) is 67.9 Å². The number of benzene rings is 2. The van der Waals surface area contributed by atoms with Crippen molar-refractivity contribution in [1.82, 2.24) is 15.1 Å². The molecule has 1 amide bonds. The van der Waals surface area contributed by atoms with Gasteiger partial charge in [0.1, 0.15) is 5.01 Å². The molecule has 31 heavy (non-hydrogen) atoms. The van der Waals surface area contributed by atoms with E-state index >= 15 is 0 Å². The third kappa shape index (κ3) is 5.12. The summed E-state index contributed by atoms with van der Waals surface area (Å²) in [4.78, 5) is 17.0. The zero-order valence-corrected chi connectivity index (χ0v) is 18.4. The highest BCUT2D eigenvalue weighted by Gasteiger charge is 2.20. The Morgan fingerprint density at radius 3 is 2.45 bits per heavy atom. The van der Waals surface area contributed by atoms with Crippen molar-refractivity contribution in [3.8, 4) is 22.1 Å². The van der Waals surface area contributed by atoms with E-state index in [1.165, 1.54) is 17.0 Å². The number of amides is 1. The molecule has 9 heteroatoms. The van der Waals surface area contributed by atoms with Crippen molar-refractivity contribution < 1.29 is 14.3 Å². The van der Waals surface area contributed by atoms with Crippen LogP contribution in [0.15, 0.2) is 48.5 Å². The summed E-state index contributed by atoms with van der Waals surface area (Å²) in [6, 6.07) is 15.9. The van der Waals surface area contributed by atoms with Gasteiger partial charge in [-0.15, -0.1) is 10.2 Å². The molecule has 162 valence electrons. The molecular formula is C22H25N5O3S. The number of methoxy groups -OCH3 is 2. The first-order valence-electron chi connectivity index (χ1n) is 10.0. The molecule has 0 spiro atoms. The zero-order valence-electron chi connectivity index (χ0n) is 17.6. The number of aromatic nitrogens is 2. The molecular weight excluding hydrogens is 414 g/mol. The fraction of sp³-hybridized carbons (Fsp3) is 0.318. The number of carbonyl (C=O) groups excluding carboxylic acids is 1. The van der Waals surface area contributed by atoms with Gasteiger partial charge in [0, 0.05) is 37.4 Å². The molecule has 2 aromatic carbocycles.